The Morgan fingerprint density at radius 2 is 1.92 bits per heavy atom. The quantitative estimate of drug-likeness (QED) is 0.843. The Hall–Kier alpha value is -2.28. The Bertz CT molecular complexity index is 698. The zero-order valence-corrected chi connectivity index (χ0v) is 14.5. The molecule has 7 heteroatoms. The monoisotopic (exact) mass is 341 g/mol. The van der Waals surface area contributed by atoms with Crippen molar-refractivity contribution in [2.45, 2.75) is 38.2 Å². The maximum absolute atomic E-state index is 5.87. The Kier molecular flexibility index (Phi) is 4.74. The molecule has 0 aliphatic carbocycles. The number of hydrogen-bond acceptors (Lipinski definition) is 7. The summed E-state index contributed by atoms with van der Waals surface area (Å²) in [7, 11) is 0. The van der Waals surface area contributed by atoms with Gasteiger partial charge in [-0.15, -0.1) is 0 Å². The molecule has 0 N–H and O–H groups in total. The van der Waals surface area contributed by atoms with Gasteiger partial charge in [0.25, 0.3) is 0 Å². The second kappa shape index (κ2) is 7.31. The molecule has 0 radical (unpaired) electrons. The highest BCUT2D eigenvalue weighted by atomic mass is 16.5. The first-order chi connectivity index (χ1) is 12.3. The van der Waals surface area contributed by atoms with Crippen molar-refractivity contribution in [2.75, 3.05) is 31.2 Å². The third-order valence-corrected chi connectivity index (χ3v) is 4.77. The van der Waals surface area contributed by atoms with Gasteiger partial charge in [-0.3, -0.25) is 0 Å². The fourth-order valence-electron chi connectivity index (χ4n) is 3.41. The van der Waals surface area contributed by atoms with Crippen molar-refractivity contribution in [3.8, 4) is 6.01 Å². The van der Waals surface area contributed by atoms with Crippen molar-refractivity contribution < 1.29 is 9.47 Å². The Morgan fingerprint density at radius 1 is 1.12 bits per heavy atom. The largest absolute Gasteiger partial charge is 0.460 e. The first kappa shape index (κ1) is 16.2. The molecule has 2 saturated heterocycles. The van der Waals surface area contributed by atoms with Gasteiger partial charge in [0.05, 0.1) is 12.3 Å². The van der Waals surface area contributed by atoms with Crippen molar-refractivity contribution in [1.82, 2.24) is 19.9 Å². The molecule has 0 bridgehead atoms. The first-order valence-corrected chi connectivity index (χ1v) is 8.90. The lowest BCUT2D eigenvalue weighted by Crippen LogP contribution is -2.39. The van der Waals surface area contributed by atoms with E-state index in [-0.39, 0.29) is 6.10 Å². The van der Waals surface area contributed by atoms with Crippen LogP contribution in [0.3, 0.4) is 0 Å². The van der Waals surface area contributed by atoms with E-state index in [9.17, 15) is 0 Å². The number of aromatic nitrogens is 4. The molecule has 25 heavy (non-hydrogen) atoms. The van der Waals surface area contributed by atoms with Crippen LogP contribution in [0, 0.1) is 6.92 Å². The summed E-state index contributed by atoms with van der Waals surface area (Å²) in [4.78, 5) is 19.9. The molecule has 2 fully saturated rings. The lowest BCUT2D eigenvalue weighted by molar-refractivity contribution is 0.156. The number of aryl methyl sites for hydroxylation is 1. The average molecular weight is 341 g/mol. The molecule has 1 atom stereocenters. The molecule has 0 aromatic carbocycles. The van der Waals surface area contributed by atoms with Crippen LogP contribution in [0.1, 0.15) is 36.7 Å². The van der Waals surface area contributed by atoms with Crippen molar-refractivity contribution in [3.63, 3.8) is 0 Å². The minimum absolute atomic E-state index is 0.157. The second-order valence-electron chi connectivity index (χ2n) is 6.59. The van der Waals surface area contributed by atoms with Gasteiger partial charge in [-0.25, -0.2) is 19.9 Å². The van der Waals surface area contributed by atoms with Crippen LogP contribution in [0.25, 0.3) is 0 Å². The molecule has 4 rings (SSSR count). The van der Waals surface area contributed by atoms with E-state index < -0.39 is 0 Å². The minimum Gasteiger partial charge on any atom is -0.460 e. The Morgan fingerprint density at radius 3 is 2.64 bits per heavy atom. The predicted molar refractivity (Wildman–Crippen MR) is 92.8 cm³/mol. The number of rotatable bonds is 4. The third kappa shape index (κ3) is 3.87. The smallest absolute Gasteiger partial charge is 0.316 e. The van der Waals surface area contributed by atoms with Crippen LogP contribution in [0.2, 0.25) is 0 Å². The molecule has 2 aliphatic heterocycles. The lowest BCUT2D eigenvalue weighted by atomic mass is 10.0. The van der Waals surface area contributed by atoms with Gasteiger partial charge in [-0.2, -0.15) is 0 Å². The summed E-state index contributed by atoms with van der Waals surface area (Å²) >= 11 is 0. The molecular weight excluding hydrogens is 318 g/mol. The Labute approximate surface area is 147 Å². The fraction of sp³-hybridized carbons (Fsp3) is 0.556. The summed E-state index contributed by atoms with van der Waals surface area (Å²) in [5.74, 6) is 2.25. The fourth-order valence-corrected chi connectivity index (χ4v) is 3.41. The summed E-state index contributed by atoms with van der Waals surface area (Å²) in [6.07, 6.45) is 6.48. The summed E-state index contributed by atoms with van der Waals surface area (Å²) < 4.78 is 11.4. The van der Waals surface area contributed by atoms with E-state index in [2.05, 4.69) is 30.9 Å². The van der Waals surface area contributed by atoms with Gasteiger partial charge >= 0.3 is 6.01 Å². The molecule has 7 nitrogen and oxygen atoms in total. The molecule has 0 spiro atoms. The molecule has 132 valence electrons. The van der Waals surface area contributed by atoms with Crippen LogP contribution >= 0.6 is 0 Å². The molecule has 1 unspecified atom stereocenters. The molecule has 2 aromatic rings. The molecule has 2 aliphatic rings. The predicted octanol–water partition coefficient (Wildman–Crippen LogP) is 2.13. The highest BCUT2D eigenvalue weighted by molar-refractivity contribution is 5.41. The van der Waals surface area contributed by atoms with Crippen LogP contribution in [-0.4, -0.2) is 52.3 Å². The topological polar surface area (TPSA) is 73.3 Å². The highest BCUT2D eigenvalue weighted by Crippen LogP contribution is 2.27. The number of ether oxygens (including phenoxy) is 2. The molecule has 0 amide bonds. The van der Waals surface area contributed by atoms with Crippen molar-refractivity contribution in [2.24, 2.45) is 0 Å². The Balaban J connectivity index is 1.40. The van der Waals surface area contributed by atoms with E-state index in [1.165, 1.54) is 0 Å². The van der Waals surface area contributed by atoms with Crippen LogP contribution < -0.4 is 9.64 Å². The standard InChI is InChI=1S/C18H23N5O2/c1-13-21-16(14-5-10-24-12-14)11-17(22-13)23-8-3-15(4-9-23)25-18-19-6-2-7-20-18/h2,6-7,11,14-15H,3-5,8-10,12H2,1H3. The van der Waals surface area contributed by atoms with E-state index in [4.69, 9.17) is 9.47 Å². The first-order valence-electron chi connectivity index (χ1n) is 8.90. The maximum atomic E-state index is 5.87. The molecule has 2 aromatic heterocycles. The van der Waals surface area contributed by atoms with Gasteiger partial charge in [0, 0.05) is 56.9 Å². The van der Waals surface area contributed by atoms with Gasteiger partial charge < -0.3 is 14.4 Å². The lowest BCUT2D eigenvalue weighted by Gasteiger charge is -2.32. The van der Waals surface area contributed by atoms with Crippen molar-refractivity contribution >= 4 is 5.82 Å². The molecular formula is C18H23N5O2. The summed E-state index contributed by atoms with van der Waals surface area (Å²) in [6, 6.07) is 4.38. The van der Waals surface area contributed by atoms with Gasteiger partial charge in [-0.1, -0.05) is 0 Å². The molecule has 4 heterocycles. The van der Waals surface area contributed by atoms with E-state index in [0.717, 1.165) is 62.9 Å². The van der Waals surface area contributed by atoms with Crippen LogP contribution in [0.15, 0.2) is 24.5 Å². The summed E-state index contributed by atoms with van der Waals surface area (Å²) in [6.45, 7) is 5.38. The molecule has 0 saturated carbocycles. The highest BCUT2D eigenvalue weighted by Gasteiger charge is 2.25. The third-order valence-electron chi connectivity index (χ3n) is 4.77. The van der Waals surface area contributed by atoms with E-state index in [0.29, 0.717) is 11.9 Å². The zero-order chi connectivity index (χ0) is 17.1. The van der Waals surface area contributed by atoms with Gasteiger partial charge in [0.15, 0.2) is 0 Å². The summed E-state index contributed by atoms with van der Waals surface area (Å²) in [5, 5.41) is 0. The van der Waals surface area contributed by atoms with E-state index in [1.807, 2.05) is 6.92 Å². The SMILES string of the molecule is Cc1nc(C2CCOC2)cc(N2CCC(Oc3ncccn3)CC2)n1. The van der Waals surface area contributed by atoms with Crippen LogP contribution in [-0.2, 0) is 4.74 Å². The van der Waals surface area contributed by atoms with Gasteiger partial charge in [-0.05, 0) is 19.4 Å². The van der Waals surface area contributed by atoms with Crippen molar-refractivity contribution in [3.05, 3.63) is 36.0 Å². The number of anilines is 1. The van der Waals surface area contributed by atoms with Crippen LogP contribution in [0.4, 0.5) is 5.82 Å². The van der Waals surface area contributed by atoms with Gasteiger partial charge in [0.2, 0.25) is 0 Å². The normalized spacial score (nSPS) is 21.5. The summed E-state index contributed by atoms with van der Waals surface area (Å²) in [5.41, 5.74) is 1.11. The number of piperidine rings is 1. The average Bonchev–Trinajstić information content (AvgIpc) is 3.17. The van der Waals surface area contributed by atoms with Crippen LogP contribution in [0.5, 0.6) is 6.01 Å². The maximum Gasteiger partial charge on any atom is 0.316 e. The van der Waals surface area contributed by atoms with E-state index in [1.54, 1.807) is 18.5 Å². The number of hydrogen-bond donors (Lipinski definition) is 0. The van der Waals surface area contributed by atoms with Crippen molar-refractivity contribution in [1.29, 1.82) is 0 Å². The second-order valence-corrected chi connectivity index (χ2v) is 6.59. The zero-order valence-electron chi connectivity index (χ0n) is 14.5. The van der Waals surface area contributed by atoms with Gasteiger partial charge in [0.1, 0.15) is 17.7 Å². The minimum atomic E-state index is 0.157. The van der Waals surface area contributed by atoms with E-state index >= 15 is 0 Å². The number of nitrogens with zero attached hydrogens (tertiary/aromatic N) is 5.